The number of carbonyl (C=O) groups excluding carboxylic acids is 1. The van der Waals surface area contributed by atoms with E-state index in [2.05, 4.69) is 18.6 Å². The van der Waals surface area contributed by atoms with Gasteiger partial charge in [0.2, 0.25) is 0 Å². The van der Waals surface area contributed by atoms with Gasteiger partial charge in [-0.2, -0.15) is 0 Å². The summed E-state index contributed by atoms with van der Waals surface area (Å²) in [5.41, 5.74) is -0.961. The van der Waals surface area contributed by atoms with Crippen molar-refractivity contribution in [3.8, 4) is 0 Å². The van der Waals surface area contributed by atoms with Gasteiger partial charge in [0.05, 0.1) is 18.6 Å². The molecule has 0 bridgehead atoms. The van der Waals surface area contributed by atoms with Gasteiger partial charge in [-0.3, -0.25) is 4.79 Å². The Labute approximate surface area is 86.5 Å². The Balaban J connectivity index is 4.22. The molecule has 0 fully saturated rings. The van der Waals surface area contributed by atoms with Gasteiger partial charge in [0.15, 0.2) is 0 Å². The summed E-state index contributed by atoms with van der Waals surface area (Å²) in [6.07, 6.45) is 1.54. The fraction of sp³-hybridized carbons (Fsp3) is 0.909. The Morgan fingerprint density at radius 3 is 2.29 bits per heavy atom. The van der Waals surface area contributed by atoms with Crippen LogP contribution >= 0.6 is 0 Å². The average Bonchev–Trinajstić information content (AvgIpc) is 2.12. The molecule has 1 N–H and O–H groups in total. The second-order valence-electron chi connectivity index (χ2n) is 4.53. The van der Waals surface area contributed by atoms with Gasteiger partial charge in [0.25, 0.3) is 0 Å². The molecule has 0 heterocycles. The first kappa shape index (κ1) is 13.4. The number of methoxy groups -OCH3 is 1. The molecule has 0 radical (unpaired) electrons. The first-order chi connectivity index (χ1) is 6.31. The van der Waals surface area contributed by atoms with Gasteiger partial charge in [-0.05, 0) is 32.6 Å². The van der Waals surface area contributed by atoms with Gasteiger partial charge in [-0.25, -0.2) is 0 Å². The number of carbonyl (C=O) groups is 1. The van der Waals surface area contributed by atoms with Crippen LogP contribution < -0.4 is 0 Å². The van der Waals surface area contributed by atoms with Crippen LogP contribution in [-0.2, 0) is 9.53 Å². The van der Waals surface area contributed by atoms with E-state index in [-0.39, 0.29) is 5.97 Å². The highest BCUT2D eigenvalue weighted by Crippen LogP contribution is 2.25. The fourth-order valence-electron chi connectivity index (χ4n) is 1.23. The number of esters is 1. The van der Waals surface area contributed by atoms with E-state index in [0.29, 0.717) is 12.3 Å². The third kappa shape index (κ3) is 4.09. The van der Waals surface area contributed by atoms with E-state index in [0.717, 1.165) is 6.42 Å². The van der Waals surface area contributed by atoms with E-state index < -0.39 is 11.5 Å². The first-order valence-corrected chi connectivity index (χ1v) is 5.11. The highest BCUT2D eigenvalue weighted by Gasteiger charge is 2.34. The standard InChI is InChI=1S/C11H22O3/c1-8(2)6-7-11(4,13)9(3)10(12)14-5/h8-9,13H,6-7H2,1-5H3. The molecule has 0 aromatic rings. The maximum absolute atomic E-state index is 11.2. The van der Waals surface area contributed by atoms with Crippen molar-refractivity contribution < 1.29 is 14.6 Å². The monoisotopic (exact) mass is 202 g/mol. The minimum atomic E-state index is -0.961. The van der Waals surface area contributed by atoms with Crippen LogP contribution in [0.1, 0.15) is 40.5 Å². The molecule has 3 heteroatoms. The van der Waals surface area contributed by atoms with Gasteiger partial charge in [0.1, 0.15) is 0 Å². The second-order valence-corrected chi connectivity index (χ2v) is 4.53. The Kier molecular flexibility index (Phi) is 5.13. The summed E-state index contributed by atoms with van der Waals surface area (Å²) in [5, 5.41) is 10.0. The lowest BCUT2D eigenvalue weighted by molar-refractivity contribution is -0.154. The number of hydrogen-bond acceptors (Lipinski definition) is 3. The van der Waals surface area contributed by atoms with Crippen molar-refractivity contribution in [2.45, 2.75) is 46.1 Å². The van der Waals surface area contributed by atoms with Crippen molar-refractivity contribution >= 4 is 5.97 Å². The van der Waals surface area contributed by atoms with Gasteiger partial charge >= 0.3 is 5.97 Å². The zero-order chi connectivity index (χ0) is 11.4. The molecule has 0 saturated carbocycles. The average molecular weight is 202 g/mol. The van der Waals surface area contributed by atoms with Crippen molar-refractivity contribution in [3.05, 3.63) is 0 Å². The molecule has 14 heavy (non-hydrogen) atoms. The highest BCUT2D eigenvalue weighted by atomic mass is 16.5. The molecule has 0 rings (SSSR count). The van der Waals surface area contributed by atoms with Crippen molar-refractivity contribution in [3.63, 3.8) is 0 Å². The predicted octanol–water partition coefficient (Wildman–Crippen LogP) is 1.98. The van der Waals surface area contributed by atoms with Crippen LogP contribution in [0.25, 0.3) is 0 Å². The summed E-state index contributed by atoms with van der Waals surface area (Å²) in [6.45, 7) is 7.58. The van der Waals surface area contributed by atoms with E-state index in [1.807, 2.05) is 0 Å². The smallest absolute Gasteiger partial charge is 0.311 e. The summed E-state index contributed by atoms with van der Waals surface area (Å²) >= 11 is 0. The van der Waals surface area contributed by atoms with E-state index in [1.165, 1.54) is 7.11 Å². The maximum atomic E-state index is 11.2. The Morgan fingerprint density at radius 1 is 1.43 bits per heavy atom. The zero-order valence-corrected chi connectivity index (χ0v) is 9.83. The maximum Gasteiger partial charge on any atom is 0.311 e. The number of ether oxygens (including phenoxy) is 1. The van der Waals surface area contributed by atoms with Gasteiger partial charge in [0, 0.05) is 0 Å². The largest absolute Gasteiger partial charge is 0.469 e. The molecular weight excluding hydrogens is 180 g/mol. The normalized spacial score (nSPS) is 17.6. The number of rotatable bonds is 5. The van der Waals surface area contributed by atoms with Gasteiger partial charge in [-0.15, -0.1) is 0 Å². The summed E-state index contributed by atoms with van der Waals surface area (Å²) in [7, 11) is 1.34. The summed E-state index contributed by atoms with van der Waals surface area (Å²) in [6, 6.07) is 0. The molecule has 0 aromatic carbocycles. The molecule has 2 unspecified atom stereocenters. The zero-order valence-electron chi connectivity index (χ0n) is 9.83. The van der Waals surface area contributed by atoms with Crippen molar-refractivity contribution in [1.82, 2.24) is 0 Å². The number of hydrogen-bond donors (Lipinski definition) is 1. The van der Waals surface area contributed by atoms with E-state index in [4.69, 9.17) is 0 Å². The third-order valence-corrected chi connectivity index (χ3v) is 2.72. The minimum Gasteiger partial charge on any atom is -0.469 e. The van der Waals surface area contributed by atoms with Crippen LogP contribution in [0.15, 0.2) is 0 Å². The Bertz CT molecular complexity index is 185. The van der Waals surface area contributed by atoms with E-state index in [1.54, 1.807) is 13.8 Å². The quantitative estimate of drug-likeness (QED) is 0.693. The third-order valence-electron chi connectivity index (χ3n) is 2.72. The SMILES string of the molecule is COC(=O)C(C)C(C)(O)CCC(C)C. The predicted molar refractivity (Wildman–Crippen MR) is 55.9 cm³/mol. The van der Waals surface area contributed by atoms with Crippen molar-refractivity contribution in [2.24, 2.45) is 11.8 Å². The lowest BCUT2D eigenvalue weighted by Crippen LogP contribution is -2.38. The highest BCUT2D eigenvalue weighted by molar-refractivity contribution is 5.73. The second kappa shape index (κ2) is 5.35. The van der Waals surface area contributed by atoms with E-state index in [9.17, 15) is 9.90 Å². The molecule has 3 nitrogen and oxygen atoms in total. The van der Waals surface area contributed by atoms with E-state index >= 15 is 0 Å². The van der Waals surface area contributed by atoms with Crippen LogP contribution in [0.5, 0.6) is 0 Å². The Hall–Kier alpha value is -0.570. The fourth-order valence-corrected chi connectivity index (χ4v) is 1.23. The molecule has 0 aliphatic rings. The topological polar surface area (TPSA) is 46.5 Å². The summed E-state index contributed by atoms with van der Waals surface area (Å²) in [5.74, 6) is -0.281. The lowest BCUT2D eigenvalue weighted by Gasteiger charge is -2.29. The minimum absolute atomic E-state index is 0.348. The van der Waals surface area contributed by atoms with Crippen molar-refractivity contribution in [2.75, 3.05) is 7.11 Å². The number of aliphatic hydroxyl groups is 1. The molecule has 0 aliphatic heterocycles. The molecule has 84 valence electrons. The van der Waals surface area contributed by atoms with Crippen LogP contribution in [0, 0.1) is 11.8 Å². The molecule has 0 saturated heterocycles. The van der Waals surface area contributed by atoms with Crippen LogP contribution in [0.3, 0.4) is 0 Å². The van der Waals surface area contributed by atoms with Crippen LogP contribution in [0.4, 0.5) is 0 Å². The Morgan fingerprint density at radius 2 is 1.93 bits per heavy atom. The molecule has 0 aliphatic carbocycles. The molecule has 0 spiro atoms. The summed E-state index contributed by atoms with van der Waals surface area (Å²) in [4.78, 5) is 11.2. The van der Waals surface area contributed by atoms with Crippen molar-refractivity contribution in [1.29, 1.82) is 0 Å². The summed E-state index contributed by atoms with van der Waals surface area (Å²) < 4.78 is 4.61. The van der Waals surface area contributed by atoms with Crippen LogP contribution in [0.2, 0.25) is 0 Å². The van der Waals surface area contributed by atoms with Gasteiger partial charge < -0.3 is 9.84 Å². The molecular formula is C11H22O3. The molecule has 2 atom stereocenters. The molecule has 0 aromatic heterocycles. The first-order valence-electron chi connectivity index (χ1n) is 5.11. The molecule has 0 amide bonds. The lowest BCUT2D eigenvalue weighted by atomic mass is 9.85. The van der Waals surface area contributed by atoms with Crippen LogP contribution in [-0.4, -0.2) is 23.8 Å². The van der Waals surface area contributed by atoms with Gasteiger partial charge in [-0.1, -0.05) is 13.8 Å².